The highest BCUT2D eigenvalue weighted by Crippen LogP contribution is 2.24. The predicted molar refractivity (Wildman–Crippen MR) is 84.9 cm³/mol. The Morgan fingerprint density at radius 2 is 1.45 bits per heavy atom. The third-order valence-corrected chi connectivity index (χ3v) is 4.10. The minimum atomic E-state index is -0.168. The Labute approximate surface area is 124 Å². The van der Waals surface area contributed by atoms with E-state index in [1.54, 1.807) is 6.92 Å². The molecule has 1 N–H and O–H groups in total. The molecule has 0 bridgehead atoms. The molecule has 3 heteroatoms. The molecule has 0 amide bonds. The molecule has 0 aliphatic carbocycles. The Kier molecular flexibility index (Phi) is 8.95. The van der Waals surface area contributed by atoms with Crippen molar-refractivity contribution in [3.63, 3.8) is 0 Å². The fourth-order valence-corrected chi connectivity index (χ4v) is 2.01. The van der Waals surface area contributed by atoms with E-state index < -0.39 is 0 Å². The quantitative estimate of drug-likeness (QED) is 0.438. The van der Waals surface area contributed by atoms with Gasteiger partial charge in [-0.25, -0.2) is 0 Å². The zero-order valence-electron chi connectivity index (χ0n) is 14.1. The Morgan fingerprint density at radius 1 is 0.950 bits per heavy atom. The Bertz CT molecular complexity index is 295. The summed E-state index contributed by atoms with van der Waals surface area (Å²) in [5.74, 6) is 0.281. The molecular weight excluding hydrogens is 250 g/mol. The molecule has 0 saturated heterocycles. The van der Waals surface area contributed by atoms with Crippen LogP contribution in [0.3, 0.4) is 0 Å². The highest BCUT2D eigenvalue weighted by Gasteiger charge is 2.22. The molecule has 0 rings (SSSR count). The van der Waals surface area contributed by atoms with Crippen molar-refractivity contribution in [2.45, 2.75) is 73.1 Å². The van der Waals surface area contributed by atoms with Gasteiger partial charge in [-0.05, 0) is 45.7 Å². The standard InChI is InChI=1S/C17H33NO2/c1-15(20)17(4,5)11-7-9-13-18-12-8-6-10-16(2,3)14-19/h14,18H,6-13H2,1-5H3. The first-order valence-electron chi connectivity index (χ1n) is 7.89. The summed E-state index contributed by atoms with van der Waals surface area (Å²) in [5.41, 5.74) is -0.335. The minimum absolute atomic E-state index is 0.166. The van der Waals surface area contributed by atoms with Crippen molar-refractivity contribution in [1.29, 1.82) is 0 Å². The highest BCUT2D eigenvalue weighted by molar-refractivity contribution is 5.81. The maximum atomic E-state index is 11.4. The van der Waals surface area contributed by atoms with Crippen molar-refractivity contribution < 1.29 is 9.59 Å². The number of hydrogen-bond acceptors (Lipinski definition) is 3. The zero-order chi connectivity index (χ0) is 15.6. The Hall–Kier alpha value is -0.700. The zero-order valence-corrected chi connectivity index (χ0v) is 14.1. The molecule has 0 aromatic heterocycles. The summed E-state index contributed by atoms with van der Waals surface area (Å²) in [7, 11) is 0. The van der Waals surface area contributed by atoms with E-state index in [0.29, 0.717) is 0 Å². The van der Waals surface area contributed by atoms with E-state index in [-0.39, 0.29) is 16.6 Å². The lowest BCUT2D eigenvalue weighted by molar-refractivity contribution is -0.125. The van der Waals surface area contributed by atoms with Crippen molar-refractivity contribution in [1.82, 2.24) is 5.32 Å². The van der Waals surface area contributed by atoms with Crippen molar-refractivity contribution in [2.24, 2.45) is 10.8 Å². The smallest absolute Gasteiger partial charge is 0.135 e. The van der Waals surface area contributed by atoms with Crippen LogP contribution in [0, 0.1) is 10.8 Å². The van der Waals surface area contributed by atoms with Gasteiger partial charge in [-0.3, -0.25) is 4.79 Å². The summed E-state index contributed by atoms with van der Waals surface area (Å²) in [5, 5.41) is 3.43. The summed E-state index contributed by atoms with van der Waals surface area (Å²) in [6.45, 7) is 11.7. The normalized spacial score (nSPS) is 12.4. The maximum absolute atomic E-state index is 11.4. The molecule has 0 fully saturated rings. The first-order chi connectivity index (χ1) is 9.21. The number of aldehydes is 1. The first kappa shape index (κ1) is 19.3. The fraction of sp³-hybridized carbons (Fsp3) is 0.882. The van der Waals surface area contributed by atoms with E-state index in [2.05, 4.69) is 5.32 Å². The van der Waals surface area contributed by atoms with Crippen molar-refractivity contribution in [2.75, 3.05) is 13.1 Å². The fourth-order valence-electron chi connectivity index (χ4n) is 2.01. The summed E-state index contributed by atoms with van der Waals surface area (Å²) < 4.78 is 0. The van der Waals surface area contributed by atoms with Crippen LogP contribution in [0.5, 0.6) is 0 Å². The van der Waals surface area contributed by atoms with Crippen LogP contribution >= 0.6 is 0 Å². The second-order valence-electron chi connectivity index (χ2n) is 7.21. The minimum Gasteiger partial charge on any atom is -0.317 e. The molecule has 0 radical (unpaired) electrons. The van der Waals surface area contributed by atoms with E-state index in [0.717, 1.165) is 57.9 Å². The van der Waals surface area contributed by atoms with Gasteiger partial charge in [0.2, 0.25) is 0 Å². The Balaban J connectivity index is 3.42. The number of unbranched alkanes of at least 4 members (excludes halogenated alkanes) is 2. The van der Waals surface area contributed by atoms with Crippen LogP contribution in [0.2, 0.25) is 0 Å². The van der Waals surface area contributed by atoms with Gasteiger partial charge in [-0.1, -0.05) is 40.5 Å². The van der Waals surface area contributed by atoms with E-state index in [1.807, 2.05) is 27.7 Å². The lowest BCUT2D eigenvalue weighted by Crippen LogP contribution is -2.22. The van der Waals surface area contributed by atoms with E-state index in [1.165, 1.54) is 0 Å². The van der Waals surface area contributed by atoms with Gasteiger partial charge in [0.05, 0.1) is 0 Å². The molecule has 0 aliphatic rings. The average molecular weight is 283 g/mol. The molecule has 3 nitrogen and oxygen atoms in total. The highest BCUT2D eigenvalue weighted by atomic mass is 16.1. The lowest BCUT2D eigenvalue weighted by Gasteiger charge is -2.20. The van der Waals surface area contributed by atoms with E-state index >= 15 is 0 Å². The van der Waals surface area contributed by atoms with Crippen LogP contribution in [0.4, 0.5) is 0 Å². The second kappa shape index (κ2) is 9.28. The summed E-state index contributed by atoms with van der Waals surface area (Å²) in [6.07, 6.45) is 7.42. The lowest BCUT2D eigenvalue weighted by atomic mass is 9.83. The van der Waals surface area contributed by atoms with E-state index in [9.17, 15) is 9.59 Å². The average Bonchev–Trinajstić information content (AvgIpc) is 2.36. The molecule has 0 aliphatic heterocycles. The van der Waals surface area contributed by atoms with Crippen LogP contribution in [0.25, 0.3) is 0 Å². The number of rotatable bonds is 12. The monoisotopic (exact) mass is 283 g/mol. The van der Waals surface area contributed by atoms with Gasteiger partial charge in [0.25, 0.3) is 0 Å². The summed E-state index contributed by atoms with van der Waals surface area (Å²) in [4.78, 5) is 22.1. The van der Waals surface area contributed by atoms with Gasteiger partial charge in [0.15, 0.2) is 0 Å². The first-order valence-corrected chi connectivity index (χ1v) is 7.89. The van der Waals surface area contributed by atoms with Gasteiger partial charge < -0.3 is 10.1 Å². The molecule has 0 aromatic rings. The third kappa shape index (κ3) is 9.24. The molecule has 0 unspecified atom stereocenters. The van der Waals surface area contributed by atoms with Gasteiger partial charge in [0.1, 0.15) is 12.1 Å². The van der Waals surface area contributed by atoms with Crippen molar-refractivity contribution in [3.8, 4) is 0 Å². The van der Waals surface area contributed by atoms with Crippen LogP contribution in [0.1, 0.15) is 73.1 Å². The number of hydrogen-bond donors (Lipinski definition) is 1. The molecule has 20 heavy (non-hydrogen) atoms. The van der Waals surface area contributed by atoms with Gasteiger partial charge in [-0.2, -0.15) is 0 Å². The summed E-state index contributed by atoms with van der Waals surface area (Å²) >= 11 is 0. The third-order valence-electron chi connectivity index (χ3n) is 4.10. The van der Waals surface area contributed by atoms with E-state index in [4.69, 9.17) is 0 Å². The van der Waals surface area contributed by atoms with Crippen LogP contribution in [-0.2, 0) is 9.59 Å². The Morgan fingerprint density at radius 3 is 1.90 bits per heavy atom. The SMILES string of the molecule is CC(=O)C(C)(C)CCCCNCCCCC(C)(C)C=O. The maximum Gasteiger partial charge on any atom is 0.135 e. The largest absolute Gasteiger partial charge is 0.317 e. The number of Topliss-reactive ketones (excluding diaryl/α,β-unsaturated/α-hetero) is 1. The molecule has 0 spiro atoms. The van der Waals surface area contributed by atoms with Crippen molar-refractivity contribution >= 4 is 12.1 Å². The predicted octanol–water partition coefficient (Wildman–Crippen LogP) is 3.76. The molecule has 0 saturated carbocycles. The second-order valence-corrected chi connectivity index (χ2v) is 7.21. The van der Waals surface area contributed by atoms with Crippen LogP contribution in [-0.4, -0.2) is 25.2 Å². The number of carbonyl (C=O) groups is 2. The topological polar surface area (TPSA) is 46.2 Å². The van der Waals surface area contributed by atoms with Crippen molar-refractivity contribution in [3.05, 3.63) is 0 Å². The molecule has 0 aromatic carbocycles. The molecular formula is C17H33NO2. The summed E-state index contributed by atoms with van der Waals surface area (Å²) in [6, 6.07) is 0. The van der Waals surface area contributed by atoms with Crippen LogP contribution < -0.4 is 5.32 Å². The molecule has 118 valence electrons. The number of ketones is 1. The van der Waals surface area contributed by atoms with Gasteiger partial charge in [0, 0.05) is 10.8 Å². The molecule has 0 atom stereocenters. The van der Waals surface area contributed by atoms with Gasteiger partial charge in [-0.15, -0.1) is 0 Å². The number of nitrogens with one attached hydrogen (secondary N) is 1. The van der Waals surface area contributed by atoms with Crippen LogP contribution in [0.15, 0.2) is 0 Å². The molecule has 0 heterocycles. The number of carbonyl (C=O) groups excluding carboxylic acids is 2. The van der Waals surface area contributed by atoms with Gasteiger partial charge >= 0.3 is 0 Å².